The molecule has 0 radical (unpaired) electrons. The van der Waals surface area contributed by atoms with Gasteiger partial charge in [-0.3, -0.25) is 4.79 Å². The van der Waals surface area contributed by atoms with Crippen molar-refractivity contribution in [1.29, 1.82) is 0 Å². The quantitative estimate of drug-likeness (QED) is 0.845. The average molecular weight is 296 g/mol. The fraction of sp³-hybridized carbons (Fsp3) is 0.421. The second kappa shape index (κ2) is 7.30. The van der Waals surface area contributed by atoms with Gasteiger partial charge in [0, 0.05) is 31.9 Å². The van der Waals surface area contributed by atoms with Crippen LogP contribution in [-0.2, 0) is 11.2 Å². The van der Waals surface area contributed by atoms with Gasteiger partial charge in [-0.15, -0.1) is 0 Å². The van der Waals surface area contributed by atoms with Crippen molar-refractivity contribution in [3.8, 4) is 0 Å². The lowest BCUT2D eigenvalue weighted by Crippen LogP contribution is -2.38. The van der Waals surface area contributed by atoms with Crippen LogP contribution in [0.4, 0.5) is 0 Å². The molecule has 0 bridgehead atoms. The molecule has 3 rings (SSSR count). The number of benzene rings is 1. The third-order valence-corrected chi connectivity index (χ3v) is 4.46. The molecule has 0 spiro atoms. The van der Waals surface area contributed by atoms with Crippen molar-refractivity contribution in [2.24, 2.45) is 0 Å². The van der Waals surface area contributed by atoms with Gasteiger partial charge in [0.15, 0.2) is 0 Å². The maximum absolute atomic E-state index is 13.1. The molecule has 116 valence electrons. The lowest BCUT2D eigenvalue weighted by atomic mass is 10.0. The largest absolute Gasteiger partial charge is 0.342 e. The van der Waals surface area contributed by atoms with Gasteiger partial charge in [0.2, 0.25) is 5.91 Å². The predicted molar refractivity (Wildman–Crippen MR) is 88.7 cm³/mol. The molecule has 3 heteroatoms. The molecule has 0 saturated carbocycles. The number of hydrogen-bond acceptors (Lipinski definition) is 1. The first-order chi connectivity index (χ1) is 10.8. The van der Waals surface area contributed by atoms with Crippen LogP contribution in [0.2, 0.25) is 0 Å². The fourth-order valence-corrected chi connectivity index (χ4v) is 3.22. The summed E-state index contributed by atoms with van der Waals surface area (Å²) in [4.78, 5) is 15.1. The van der Waals surface area contributed by atoms with Gasteiger partial charge in [-0.2, -0.15) is 0 Å². The topological polar surface area (TPSA) is 25.2 Å². The van der Waals surface area contributed by atoms with E-state index in [1.54, 1.807) is 0 Å². The fourth-order valence-electron chi connectivity index (χ4n) is 3.22. The summed E-state index contributed by atoms with van der Waals surface area (Å²) in [6.07, 6.45) is 9.52. The van der Waals surface area contributed by atoms with E-state index in [0.29, 0.717) is 0 Å². The summed E-state index contributed by atoms with van der Waals surface area (Å²) in [5, 5.41) is 0. The van der Waals surface area contributed by atoms with Crippen molar-refractivity contribution < 1.29 is 4.79 Å². The first kappa shape index (κ1) is 14.9. The minimum atomic E-state index is -0.129. The third kappa shape index (κ3) is 3.59. The Hall–Kier alpha value is -2.03. The molecule has 0 aliphatic carbocycles. The van der Waals surface area contributed by atoms with Crippen LogP contribution >= 0.6 is 0 Å². The standard InChI is InChI=1S/C19H24N2O/c22-19(21-14-6-1-2-7-15-21)18(20-12-8-9-13-20)16-17-10-4-3-5-11-17/h3-5,8-13,18H,1-2,6-7,14-16H2/t18-/m0/s1. The molecule has 1 fully saturated rings. The minimum Gasteiger partial charge on any atom is -0.342 e. The van der Waals surface area contributed by atoms with Crippen molar-refractivity contribution in [2.75, 3.05) is 13.1 Å². The van der Waals surface area contributed by atoms with Crippen LogP contribution in [-0.4, -0.2) is 28.5 Å². The van der Waals surface area contributed by atoms with E-state index in [9.17, 15) is 4.79 Å². The van der Waals surface area contributed by atoms with Crippen LogP contribution in [0.1, 0.15) is 37.3 Å². The second-order valence-corrected chi connectivity index (χ2v) is 6.08. The zero-order chi connectivity index (χ0) is 15.2. The van der Waals surface area contributed by atoms with Gasteiger partial charge in [0.25, 0.3) is 0 Å². The van der Waals surface area contributed by atoms with E-state index in [1.807, 2.05) is 42.7 Å². The second-order valence-electron chi connectivity index (χ2n) is 6.08. The highest BCUT2D eigenvalue weighted by Gasteiger charge is 2.26. The van der Waals surface area contributed by atoms with E-state index in [4.69, 9.17) is 0 Å². The van der Waals surface area contributed by atoms with Crippen molar-refractivity contribution in [1.82, 2.24) is 9.47 Å². The summed E-state index contributed by atoms with van der Waals surface area (Å²) in [6.45, 7) is 1.82. The van der Waals surface area contributed by atoms with Crippen LogP contribution in [0.15, 0.2) is 54.9 Å². The average Bonchev–Trinajstić information content (AvgIpc) is 2.95. The zero-order valence-electron chi connectivity index (χ0n) is 13.0. The van der Waals surface area contributed by atoms with E-state index in [1.165, 1.54) is 18.4 Å². The summed E-state index contributed by atoms with van der Waals surface area (Å²) >= 11 is 0. The molecule has 1 aliphatic rings. The number of hydrogen-bond donors (Lipinski definition) is 0. The lowest BCUT2D eigenvalue weighted by molar-refractivity contribution is -0.134. The highest BCUT2D eigenvalue weighted by molar-refractivity contribution is 5.81. The first-order valence-corrected chi connectivity index (χ1v) is 8.30. The molecule has 1 amide bonds. The molecule has 1 aliphatic heterocycles. The van der Waals surface area contributed by atoms with Crippen LogP contribution in [0.3, 0.4) is 0 Å². The number of carbonyl (C=O) groups excluding carboxylic acids is 1. The summed E-state index contributed by atoms with van der Waals surface area (Å²) in [5.74, 6) is 0.266. The van der Waals surface area contributed by atoms with Crippen LogP contribution in [0.25, 0.3) is 0 Å². The third-order valence-electron chi connectivity index (χ3n) is 4.46. The highest BCUT2D eigenvalue weighted by Crippen LogP contribution is 2.20. The summed E-state index contributed by atoms with van der Waals surface area (Å²) in [7, 11) is 0. The van der Waals surface area contributed by atoms with Crippen LogP contribution < -0.4 is 0 Å². The van der Waals surface area contributed by atoms with E-state index in [0.717, 1.165) is 32.4 Å². The van der Waals surface area contributed by atoms with Gasteiger partial charge in [-0.1, -0.05) is 43.2 Å². The maximum Gasteiger partial charge on any atom is 0.245 e. The van der Waals surface area contributed by atoms with Crippen LogP contribution in [0.5, 0.6) is 0 Å². The maximum atomic E-state index is 13.1. The Balaban J connectivity index is 1.80. The molecule has 1 aromatic heterocycles. The lowest BCUT2D eigenvalue weighted by Gasteiger charge is -2.27. The van der Waals surface area contributed by atoms with Gasteiger partial charge in [-0.25, -0.2) is 0 Å². The molecule has 0 unspecified atom stereocenters. The number of aromatic nitrogens is 1. The molecule has 2 heterocycles. The molecule has 2 aromatic rings. The molecular formula is C19H24N2O. The smallest absolute Gasteiger partial charge is 0.245 e. The summed E-state index contributed by atoms with van der Waals surface area (Å²) in [6, 6.07) is 14.2. The molecule has 22 heavy (non-hydrogen) atoms. The first-order valence-electron chi connectivity index (χ1n) is 8.30. The number of likely N-dealkylation sites (tertiary alicyclic amines) is 1. The van der Waals surface area contributed by atoms with Crippen molar-refractivity contribution >= 4 is 5.91 Å². The van der Waals surface area contributed by atoms with E-state index in [-0.39, 0.29) is 11.9 Å². The van der Waals surface area contributed by atoms with E-state index in [2.05, 4.69) is 21.6 Å². The molecule has 0 N–H and O–H groups in total. The highest BCUT2D eigenvalue weighted by atomic mass is 16.2. The Morgan fingerprint density at radius 2 is 1.55 bits per heavy atom. The minimum absolute atomic E-state index is 0.129. The van der Waals surface area contributed by atoms with Gasteiger partial charge >= 0.3 is 0 Å². The number of rotatable bonds is 4. The summed E-state index contributed by atoms with van der Waals surface area (Å²) in [5.41, 5.74) is 1.21. The Morgan fingerprint density at radius 1 is 0.909 bits per heavy atom. The van der Waals surface area contributed by atoms with Gasteiger partial charge in [0.1, 0.15) is 6.04 Å². The molecule has 1 saturated heterocycles. The van der Waals surface area contributed by atoms with E-state index >= 15 is 0 Å². The van der Waals surface area contributed by atoms with Crippen molar-refractivity contribution in [3.05, 3.63) is 60.4 Å². The Kier molecular flexibility index (Phi) is 4.94. The van der Waals surface area contributed by atoms with E-state index < -0.39 is 0 Å². The molecular weight excluding hydrogens is 272 g/mol. The molecule has 1 aromatic carbocycles. The number of nitrogens with zero attached hydrogens (tertiary/aromatic N) is 2. The normalized spacial score (nSPS) is 17.0. The Bertz CT molecular complexity index is 569. The molecule has 1 atom stereocenters. The van der Waals surface area contributed by atoms with Crippen molar-refractivity contribution in [3.63, 3.8) is 0 Å². The predicted octanol–water partition coefficient (Wildman–Crippen LogP) is 3.67. The van der Waals surface area contributed by atoms with Gasteiger partial charge in [-0.05, 0) is 30.5 Å². The number of carbonyl (C=O) groups is 1. The Labute approximate surface area is 132 Å². The van der Waals surface area contributed by atoms with Crippen LogP contribution in [0, 0.1) is 0 Å². The Morgan fingerprint density at radius 3 is 2.18 bits per heavy atom. The monoisotopic (exact) mass is 296 g/mol. The van der Waals surface area contributed by atoms with Crippen molar-refractivity contribution in [2.45, 2.75) is 38.1 Å². The molecule has 3 nitrogen and oxygen atoms in total. The SMILES string of the molecule is O=C([C@H](Cc1ccccc1)n1cccc1)N1CCCCCC1. The number of amides is 1. The zero-order valence-corrected chi connectivity index (χ0v) is 13.0. The summed E-state index contributed by atoms with van der Waals surface area (Å²) < 4.78 is 2.06. The van der Waals surface area contributed by atoms with Gasteiger partial charge in [0.05, 0.1) is 0 Å². The van der Waals surface area contributed by atoms with Gasteiger partial charge < -0.3 is 9.47 Å².